The minimum atomic E-state index is -1.66. The topological polar surface area (TPSA) is 4.93 Å². The summed E-state index contributed by atoms with van der Waals surface area (Å²) in [7, 11) is -2.23. The molecule has 0 N–H and O–H groups in total. The van der Waals surface area contributed by atoms with Crippen molar-refractivity contribution < 1.29 is 0 Å². The fourth-order valence-corrected chi connectivity index (χ4v) is 11.0. The first-order chi connectivity index (χ1) is 21.0. The third-order valence-corrected chi connectivity index (χ3v) is 13.6. The van der Waals surface area contributed by atoms with E-state index < -0.39 is 18.3 Å². The van der Waals surface area contributed by atoms with Gasteiger partial charge < -0.3 is 4.57 Å². The van der Waals surface area contributed by atoms with Crippen LogP contribution in [0.3, 0.4) is 0 Å². The molecular weight excluding hydrogens is 551 g/mol. The number of aromatic nitrogens is 1. The van der Waals surface area contributed by atoms with Crippen LogP contribution in [0.15, 0.2) is 152 Å². The van der Waals surface area contributed by atoms with Gasteiger partial charge >= 0.3 is 0 Å². The molecule has 3 heteroatoms. The van der Waals surface area contributed by atoms with Crippen molar-refractivity contribution in [3.05, 3.63) is 157 Å². The van der Waals surface area contributed by atoms with Gasteiger partial charge in [0.15, 0.2) is 0 Å². The van der Waals surface area contributed by atoms with Gasteiger partial charge in [-0.15, -0.1) is 0 Å². The second kappa shape index (κ2) is 11.3. The Balaban J connectivity index is 1.44. The van der Waals surface area contributed by atoms with Crippen LogP contribution in [0.5, 0.6) is 0 Å². The van der Waals surface area contributed by atoms with Crippen LogP contribution in [0.4, 0.5) is 0 Å². The Morgan fingerprint density at radius 1 is 0.488 bits per heavy atom. The maximum absolute atomic E-state index is 2.52. The lowest BCUT2D eigenvalue weighted by Gasteiger charge is -2.20. The lowest BCUT2D eigenvalue weighted by Crippen LogP contribution is -2.51. The molecule has 1 nitrogen and oxygen atoms in total. The summed E-state index contributed by atoms with van der Waals surface area (Å²) in [5, 5.41) is 10.0. The van der Waals surface area contributed by atoms with Gasteiger partial charge in [-0.3, -0.25) is 0 Å². The van der Waals surface area contributed by atoms with E-state index in [1.54, 1.807) is 0 Å². The molecule has 0 spiro atoms. The van der Waals surface area contributed by atoms with E-state index in [1.165, 1.54) is 59.0 Å². The van der Waals surface area contributed by atoms with Crippen molar-refractivity contribution >= 4 is 66.1 Å². The highest BCUT2D eigenvalue weighted by Crippen LogP contribution is 2.32. The lowest BCUT2D eigenvalue weighted by molar-refractivity contribution is 0.590. The highest BCUT2D eigenvalue weighted by Gasteiger charge is 2.22. The summed E-state index contributed by atoms with van der Waals surface area (Å²) in [6, 6.07) is 57.0. The number of hydrogen-bond donors (Lipinski definition) is 0. The zero-order valence-electron chi connectivity index (χ0n) is 25.2. The molecular formula is C40H37NSi2. The van der Waals surface area contributed by atoms with Crippen LogP contribution in [0, 0.1) is 0 Å². The average Bonchev–Trinajstić information content (AvgIpc) is 3.35. The minimum Gasteiger partial charge on any atom is -0.309 e. The van der Waals surface area contributed by atoms with Crippen LogP contribution in [-0.2, 0) is 5.41 Å². The van der Waals surface area contributed by atoms with Crippen LogP contribution in [0.1, 0.15) is 26.3 Å². The van der Waals surface area contributed by atoms with E-state index in [4.69, 9.17) is 0 Å². The average molecular weight is 588 g/mol. The highest BCUT2D eigenvalue weighted by molar-refractivity contribution is 6.95. The molecule has 0 aliphatic heterocycles. The highest BCUT2D eigenvalue weighted by atomic mass is 28.3. The van der Waals surface area contributed by atoms with Crippen LogP contribution in [-0.4, -0.2) is 22.9 Å². The molecule has 0 amide bonds. The smallest absolute Gasteiger partial charge is 0.133 e. The summed E-state index contributed by atoms with van der Waals surface area (Å²) in [5.74, 6) is 0. The summed E-state index contributed by atoms with van der Waals surface area (Å²) in [4.78, 5) is 0. The molecule has 0 radical (unpaired) electrons. The molecule has 0 aliphatic rings. The van der Waals surface area contributed by atoms with Crippen molar-refractivity contribution in [3.63, 3.8) is 0 Å². The van der Waals surface area contributed by atoms with Crippen LogP contribution < -0.4 is 25.9 Å². The Labute approximate surface area is 258 Å². The Morgan fingerprint density at radius 3 is 1.60 bits per heavy atom. The molecule has 43 heavy (non-hydrogen) atoms. The van der Waals surface area contributed by atoms with E-state index in [2.05, 4.69) is 177 Å². The second-order valence-electron chi connectivity index (χ2n) is 12.7. The number of fused-ring (bicyclic) bond motifs is 3. The predicted molar refractivity (Wildman–Crippen MR) is 193 cm³/mol. The van der Waals surface area contributed by atoms with Crippen LogP contribution in [0.2, 0.25) is 0 Å². The zero-order valence-corrected chi connectivity index (χ0v) is 27.7. The Hall–Kier alpha value is -4.45. The van der Waals surface area contributed by atoms with Gasteiger partial charge in [0.1, 0.15) is 8.80 Å². The van der Waals surface area contributed by atoms with E-state index >= 15 is 0 Å². The lowest BCUT2D eigenvalue weighted by atomic mass is 9.87. The minimum absolute atomic E-state index is 0.125. The molecule has 0 fully saturated rings. The molecule has 0 atom stereocenters. The number of benzene rings is 6. The van der Waals surface area contributed by atoms with Gasteiger partial charge in [-0.25, -0.2) is 0 Å². The second-order valence-corrected chi connectivity index (χ2v) is 17.5. The summed E-state index contributed by atoms with van der Waals surface area (Å²) >= 11 is 0. The summed E-state index contributed by atoms with van der Waals surface area (Å²) in [5.41, 5.74) is 5.25. The third-order valence-electron chi connectivity index (χ3n) is 8.70. The van der Waals surface area contributed by atoms with Crippen molar-refractivity contribution in [1.29, 1.82) is 0 Å². The van der Waals surface area contributed by atoms with Crippen molar-refractivity contribution in [2.24, 2.45) is 0 Å². The van der Waals surface area contributed by atoms with E-state index in [1.807, 2.05) is 0 Å². The van der Waals surface area contributed by atoms with Crippen LogP contribution in [0.25, 0.3) is 27.5 Å². The molecule has 0 unspecified atom stereocenters. The molecule has 1 heterocycles. The van der Waals surface area contributed by atoms with Crippen molar-refractivity contribution in [2.75, 3.05) is 0 Å². The first kappa shape index (κ1) is 27.4. The number of hydrogen-bond acceptors (Lipinski definition) is 0. The van der Waals surface area contributed by atoms with Gasteiger partial charge in [0.2, 0.25) is 0 Å². The number of nitrogens with zero attached hydrogens (tertiary/aromatic N) is 1. The van der Waals surface area contributed by atoms with E-state index in [0.717, 1.165) is 0 Å². The van der Waals surface area contributed by atoms with Crippen molar-refractivity contribution in [2.45, 2.75) is 26.2 Å². The molecule has 1 aromatic heterocycles. The van der Waals surface area contributed by atoms with Gasteiger partial charge in [-0.1, -0.05) is 174 Å². The van der Waals surface area contributed by atoms with Gasteiger partial charge in [0, 0.05) is 16.5 Å². The number of rotatable bonds is 6. The summed E-state index contributed by atoms with van der Waals surface area (Å²) < 4.78 is 2.47. The SMILES string of the molecule is CC(C)(C)c1ccc(-n2c3ccc([SiH2]c4ccccc4)cc3c3cc([SiH](c4ccccc4)c4ccccc4)ccc32)cc1. The van der Waals surface area contributed by atoms with Gasteiger partial charge in [-0.05, 0) is 35.2 Å². The fourth-order valence-electron chi connectivity index (χ4n) is 6.47. The van der Waals surface area contributed by atoms with Crippen LogP contribution >= 0.6 is 0 Å². The molecule has 0 saturated carbocycles. The van der Waals surface area contributed by atoms with Crippen molar-refractivity contribution in [3.8, 4) is 5.69 Å². The van der Waals surface area contributed by atoms with E-state index in [0.29, 0.717) is 0 Å². The first-order valence-corrected chi connectivity index (χ1v) is 18.4. The van der Waals surface area contributed by atoms with Gasteiger partial charge in [-0.2, -0.15) is 0 Å². The molecule has 210 valence electrons. The Bertz CT molecular complexity index is 1960. The summed E-state index contributed by atoms with van der Waals surface area (Å²) in [6.07, 6.45) is 0. The molecule has 7 aromatic rings. The first-order valence-electron chi connectivity index (χ1n) is 15.3. The van der Waals surface area contributed by atoms with Crippen molar-refractivity contribution in [1.82, 2.24) is 4.57 Å². The Kier molecular flexibility index (Phi) is 7.22. The molecule has 0 saturated heterocycles. The van der Waals surface area contributed by atoms with Gasteiger partial charge in [0.05, 0.1) is 20.6 Å². The Morgan fingerprint density at radius 2 is 1.02 bits per heavy atom. The fraction of sp³-hybridized carbons (Fsp3) is 0.100. The zero-order chi connectivity index (χ0) is 29.4. The molecule has 0 bridgehead atoms. The third kappa shape index (κ3) is 5.42. The summed E-state index contributed by atoms with van der Waals surface area (Å²) in [6.45, 7) is 6.84. The normalized spacial score (nSPS) is 12.2. The standard InChI is InChI=1S/C40H37NSi2/c1-40(2,3)29-19-21-30(22-20-29)41-38-25-23-32(42-31-13-7-4-8-14-31)27-36(38)37-28-35(24-26-39(37)41)43(33-15-9-5-10-16-33)34-17-11-6-12-18-34/h4-28,43H,42H2,1-3H3. The molecule has 7 rings (SSSR count). The van der Waals surface area contributed by atoms with Gasteiger partial charge in [0.25, 0.3) is 0 Å². The van der Waals surface area contributed by atoms with E-state index in [9.17, 15) is 0 Å². The quantitative estimate of drug-likeness (QED) is 0.180. The monoisotopic (exact) mass is 587 g/mol. The maximum atomic E-state index is 2.52. The largest absolute Gasteiger partial charge is 0.309 e. The molecule has 6 aromatic carbocycles. The van der Waals surface area contributed by atoms with E-state index in [-0.39, 0.29) is 5.41 Å². The maximum Gasteiger partial charge on any atom is 0.133 e. The predicted octanol–water partition coefficient (Wildman–Crippen LogP) is 5.45. The molecule has 0 aliphatic carbocycles.